The second kappa shape index (κ2) is 8.02. The molecule has 0 N–H and O–H groups in total. The maximum absolute atomic E-state index is 12.8. The Hall–Kier alpha value is -2.17. The molecule has 1 aromatic carbocycles. The zero-order chi connectivity index (χ0) is 17.8. The first kappa shape index (κ1) is 17.3. The molecule has 0 atom stereocenters. The average Bonchev–Trinajstić information content (AvgIpc) is 3.19. The van der Waals surface area contributed by atoms with Gasteiger partial charge in [0.15, 0.2) is 5.78 Å². The molecule has 4 rings (SSSR count). The Labute approximate surface area is 158 Å². The predicted octanol–water partition coefficient (Wildman–Crippen LogP) is 4.80. The van der Waals surface area contributed by atoms with Crippen LogP contribution in [-0.2, 0) is 9.53 Å². The number of ketones is 1. The molecule has 2 heterocycles. The van der Waals surface area contributed by atoms with Crippen LogP contribution in [0, 0.1) is 0 Å². The van der Waals surface area contributed by atoms with Crippen molar-refractivity contribution >= 4 is 35.0 Å². The van der Waals surface area contributed by atoms with Gasteiger partial charge in [0.25, 0.3) is 0 Å². The second-order valence-electron chi connectivity index (χ2n) is 6.73. The Bertz CT molecular complexity index is 812. The maximum Gasteiger partial charge on any atom is 0.185 e. The molecule has 1 aromatic heterocycles. The van der Waals surface area contributed by atoms with Crippen molar-refractivity contribution in [2.24, 2.45) is 0 Å². The molecule has 2 aromatic rings. The quantitative estimate of drug-likeness (QED) is 0.732. The molecule has 0 amide bonds. The lowest BCUT2D eigenvalue weighted by atomic mass is 9.87. The fourth-order valence-corrected chi connectivity index (χ4v) is 4.21. The van der Waals surface area contributed by atoms with Crippen molar-refractivity contribution in [2.75, 3.05) is 31.2 Å². The van der Waals surface area contributed by atoms with Gasteiger partial charge in [-0.1, -0.05) is 18.2 Å². The number of allylic oxidation sites excluding steroid dienone is 2. The van der Waals surface area contributed by atoms with Crippen LogP contribution in [0.15, 0.2) is 52.9 Å². The summed E-state index contributed by atoms with van der Waals surface area (Å²) in [5, 5.41) is 2.05. The van der Waals surface area contributed by atoms with Crippen molar-refractivity contribution in [1.82, 2.24) is 0 Å². The third-order valence-electron chi connectivity index (χ3n) is 4.95. The number of ether oxygens (including phenoxy) is 1. The number of nitrogens with zero attached hydrogens (tertiary/aromatic N) is 1. The number of hydrogen-bond donors (Lipinski definition) is 0. The van der Waals surface area contributed by atoms with E-state index in [1.807, 2.05) is 11.4 Å². The highest BCUT2D eigenvalue weighted by Crippen LogP contribution is 2.29. The normalized spacial score (nSPS) is 21.5. The molecule has 1 saturated carbocycles. The van der Waals surface area contributed by atoms with Gasteiger partial charge in [-0.15, -0.1) is 11.3 Å². The van der Waals surface area contributed by atoms with Gasteiger partial charge in [-0.05, 0) is 60.6 Å². The molecule has 0 unspecified atom stereocenters. The van der Waals surface area contributed by atoms with Crippen molar-refractivity contribution in [3.63, 3.8) is 0 Å². The van der Waals surface area contributed by atoms with E-state index in [1.54, 1.807) is 11.3 Å². The van der Waals surface area contributed by atoms with Crippen LogP contribution in [-0.4, -0.2) is 32.1 Å². The molecule has 0 spiro atoms. The van der Waals surface area contributed by atoms with E-state index in [4.69, 9.17) is 4.74 Å². The number of benzene rings is 1. The Morgan fingerprint density at radius 1 is 0.962 bits per heavy atom. The van der Waals surface area contributed by atoms with E-state index < -0.39 is 0 Å². The molecule has 1 aliphatic heterocycles. The van der Waals surface area contributed by atoms with Crippen molar-refractivity contribution in [3.05, 3.63) is 63.4 Å². The predicted molar refractivity (Wildman–Crippen MR) is 109 cm³/mol. The van der Waals surface area contributed by atoms with Crippen molar-refractivity contribution in [3.8, 4) is 0 Å². The largest absolute Gasteiger partial charge is 0.378 e. The van der Waals surface area contributed by atoms with Crippen molar-refractivity contribution in [1.29, 1.82) is 0 Å². The number of hydrogen-bond acceptors (Lipinski definition) is 4. The van der Waals surface area contributed by atoms with E-state index in [1.165, 1.54) is 5.69 Å². The van der Waals surface area contributed by atoms with Gasteiger partial charge < -0.3 is 9.64 Å². The van der Waals surface area contributed by atoms with Crippen LogP contribution in [0.1, 0.15) is 29.7 Å². The first-order valence-electron chi connectivity index (χ1n) is 9.22. The van der Waals surface area contributed by atoms with Gasteiger partial charge in [-0.25, -0.2) is 0 Å². The number of carbonyl (C=O) groups excluding carboxylic acids is 1. The van der Waals surface area contributed by atoms with E-state index in [0.717, 1.165) is 67.2 Å². The summed E-state index contributed by atoms with van der Waals surface area (Å²) in [7, 11) is 0. The van der Waals surface area contributed by atoms with Crippen LogP contribution >= 0.6 is 11.3 Å². The van der Waals surface area contributed by atoms with Gasteiger partial charge in [-0.2, -0.15) is 0 Å². The lowest BCUT2D eigenvalue weighted by Gasteiger charge is -2.28. The molecule has 0 radical (unpaired) electrons. The zero-order valence-electron chi connectivity index (χ0n) is 14.8. The Balaban J connectivity index is 1.50. The van der Waals surface area contributed by atoms with Gasteiger partial charge in [-0.3, -0.25) is 4.79 Å². The van der Waals surface area contributed by atoms with Crippen LogP contribution in [0.3, 0.4) is 0 Å². The van der Waals surface area contributed by atoms with E-state index in [9.17, 15) is 4.79 Å². The molecule has 134 valence electrons. The molecule has 4 heteroatoms. The van der Waals surface area contributed by atoms with Gasteiger partial charge >= 0.3 is 0 Å². The summed E-state index contributed by atoms with van der Waals surface area (Å²) in [6.45, 7) is 3.46. The SMILES string of the molecule is O=C1/C(=C/c2ccc(N3CCOCC3)cc2)CCC/C1=C\c1cccs1. The summed E-state index contributed by atoms with van der Waals surface area (Å²) < 4.78 is 5.41. The number of anilines is 1. The molecule has 3 nitrogen and oxygen atoms in total. The lowest BCUT2D eigenvalue weighted by Crippen LogP contribution is -2.36. The standard InChI is InChI=1S/C22H23NO2S/c24-22-18(3-1-4-19(22)16-21-5-2-14-26-21)15-17-6-8-20(9-7-17)23-10-12-25-13-11-23/h2,5-9,14-16H,1,3-4,10-13H2/b18-15+,19-16+. The highest BCUT2D eigenvalue weighted by atomic mass is 32.1. The highest BCUT2D eigenvalue weighted by Gasteiger charge is 2.20. The van der Waals surface area contributed by atoms with Crippen LogP contribution in [0.5, 0.6) is 0 Å². The fraction of sp³-hybridized carbons (Fsp3) is 0.318. The monoisotopic (exact) mass is 365 g/mol. The average molecular weight is 365 g/mol. The minimum atomic E-state index is 0.210. The van der Waals surface area contributed by atoms with Gasteiger partial charge in [0.05, 0.1) is 13.2 Å². The number of morpholine rings is 1. The molecule has 1 aliphatic carbocycles. The van der Waals surface area contributed by atoms with Gasteiger partial charge in [0.2, 0.25) is 0 Å². The number of Topliss-reactive ketones (excluding diaryl/α,β-unsaturated/α-hetero) is 1. The first-order chi connectivity index (χ1) is 12.8. The summed E-state index contributed by atoms with van der Waals surface area (Å²) in [5.41, 5.74) is 4.19. The second-order valence-corrected chi connectivity index (χ2v) is 7.71. The minimum Gasteiger partial charge on any atom is -0.378 e. The van der Waals surface area contributed by atoms with E-state index >= 15 is 0 Å². The minimum absolute atomic E-state index is 0.210. The van der Waals surface area contributed by atoms with Crippen LogP contribution < -0.4 is 4.90 Å². The van der Waals surface area contributed by atoms with E-state index in [-0.39, 0.29) is 5.78 Å². The molecule has 2 fully saturated rings. The van der Waals surface area contributed by atoms with Crippen LogP contribution in [0.4, 0.5) is 5.69 Å². The summed E-state index contributed by atoms with van der Waals surface area (Å²) in [5.74, 6) is 0.210. The molecule has 1 saturated heterocycles. The molecule has 26 heavy (non-hydrogen) atoms. The Morgan fingerprint density at radius 2 is 1.69 bits per heavy atom. The summed E-state index contributed by atoms with van der Waals surface area (Å²) in [4.78, 5) is 16.3. The van der Waals surface area contributed by atoms with E-state index in [0.29, 0.717) is 0 Å². The summed E-state index contributed by atoms with van der Waals surface area (Å²) in [6, 6.07) is 12.6. The maximum atomic E-state index is 12.8. The lowest BCUT2D eigenvalue weighted by molar-refractivity contribution is -0.112. The molecule has 2 aliphatic rings. The zero-order valence-corrected chi connectivity index (χ0v) is 15.6. The van der Waals surface area contributed by atoms with E-state index in [2.05, 4.69) is 47.4 Å². The van der Waals surface area contributed by atoms with Crippen molar-refractivity contribution in [2.45, 2.75) is 19.3 Å². The molecule has 0 bridgehead atoms. The van der Waals surface area contributed by atoms with Crippen molar-refractivity contribution < 1.29 is 9.53 Å². The Morgan fingerprint density at radius 3 is 2.38 bits per heavy atom. The molecular weight excluding hydrogens is 342 g/mol. The summed E-state index contributed by atoms with van der Waals surface area (Å²) in [6.07, 6.45) is 6.91. The van der Waals surface area contributed by atoms with Crippen LogP contribution in [0.25, 0.3) is 12.2 Å². The van der Waals surface area contributed by atoms with Gasteiger partial charge in [0.1, 0.15) is 0 Å². The van der Waals surface area contributed by atoms with Gasteiger partial charge in [0, 0.05) is 34.8 Å². The number of thiophene rings is 1. The third kappa shape index (κ3) is 3.97. The first-order valence-corrected chi connectivity index (χ1v) is 10.1. The third-order valence-corrected chi connectivity index (χ3v) is 5.76. The highest BCUT2D eigenvalue weighted by molar-refractivity contribution is 7.10. The topological polar surface area (TPSA) is 29.5 Å². The summed E-state index contributed by atoms with van der Waals surface area (Å²) >= 11 is 1.68. The smallest absolute Gasteiger partial charge is 0.185 e. The van der Waals surface area contributed by atoms with Crippen LogP contribution in [0.2, 0.25) is 0 Å². The fourth-order valence-electron chi connectivity index (χ4n) is 3.53. The molecular formula is C22H23NO2S. The number of carbonyl (C=O) groups is 1. The Kier molecular flexibility index (Phi) is 5.32. The number of rotatable bonds is 3.